The van der Waals surface area contributed by atoms with Gasteiger partial charge in [-0.05, 0) is 51.8 Å². The Bertz CT molecular complexity index is 1050. The van der Waals surface area contributed by atoms with E-state index in [0.717, 1.165) is 5.56 Å². The Morgan fingerprint density at radius 1 is 0.960 bits per heavy atom. The van der Waals surface area contributed by atoms with Crippen molar-refractivity contribution in [3.05, 3.63) is 69.9 Å². The van der Waals surface area contributed by atoms with Crippen LogP contribution in [-0.4, -0.2) is 4.98 Å². The molecular weight excluding hydrogens is 383 g/mol. The number of anilines is 1. The summed E-state index contributed by atoms with van der Waals surface area (Å²) in [4.78, 5) is 4.28. The SMILES string of the molecule is N#Cc1ccc(-c2cc(-c3ccc(F)c(Br)c3)c(C#N)c(N)n2)cc1. The number of hydrogen-bond acceptors (Lipinski definition) is 4. The zero-order chi connectivity index (χ0) is 18.0. The number of nitriles is 2. The van der Waals surface area contributed by atoms with E-state index in [4.69, 9.17) is 11.0 Å². The number of halogens is 2. The maximum atomic E-state index is 13.5. The van der Waals surface area contributed by atoms with Gasteiger partial charge in [0.2, 0.25) is 0 Å². The van der Waals surface area contributed by atoms with Crippen LogP contribution < -0.4 is 5.73 Å². The van der Waals surface area contributed by atoms with Crippen LogP contribution in [0, 0.1) is 28.5 Å². The lowest BCUT2D eigenvalue weighted by atomic mass is 9.98. The second-order valence-electron chi connectivity index (χ2n) is 5.25. The summed E-state index contributed by atoms with van der Waals surface area (Å²) < 4.78 is 13.8. The van der Waals surface area contributed by atoms with Gasteiger partial charge in [-0.3, -0.25) is 0 Å². The molecule has 0 aliphatic rings. The Kier molecular flexibility index (Phi) is 4.47. The van der Waals surface area contributed by atoms with Gasteiger partial charge in [0.25, 0.3) is 0 Å². The average Bonchev–Trinajstić information content (AvgIpc) is 2.63. The van der Waals surface area contributed by atoms with Gasteiger partial charge in [-0.2, -0.15) is 10.5 Å². The number of rotatable bonds is 2. The molecule has 1 aromatic heterocycles. The first-order valence-corrected chi connectivity index (χ1v) is 7.99. The third-order valence-corrected chi connectivity index (χ3v) is 4.31. The van der Waals surface area contributed by atoms with E-state index in [1.165, 1.54) is 6.07 Å². The number of nitrogens with zero attached hydrogens (tertiary/aromatic N) is 3. The van der Waals surface area contributed by atoms with Gasteiger partial charge >= 0.3 is 0 Å². The summed E-state index contributed by atoms with van der Waals surface area (Å²) >= 11 is 3.15. The van der Waals surface area contributed by atoms with Gasteiger partial charge in [0.15, 0.2) is 0 Å². The molecule has 0 atom stereocenters. The maximum Gasteiger partial charge on any atom is 0.142 e. The second kappa shape index (κ2) is 6.72. The Hall–Kier alpha value is -3.22. The van der Waals surface area contributed by atoms with E-state index >= 15 is 0 Å². The smallest absolute Gasteiger partial charge is 0.142 e. The summed E-state index contributed by atoms with van der Waals surface area (Å²) in [6.45, 7) is 0. The van der Waals surface area contributed by atoms with Gasteiger partial charge in [-0.15, -0.1) is 0 Å². The average molecular weight is 393 g/mol. The highest BCUT2D eigenvalue weighted by Gasteiger charge is 2.14. The van der Waals surface area contributed by atoms with Crippen molar-refractivity contribution < 1.29 is 4.39 Å². The monoisotopic (exact) mass is 392 g/mol. The van der Waals surface area contributed by atoms with E-state index < -0.39 is 5.82 Å². The summed E-state index contributed by atoms with van der Waals surface area (Å²) in [7, 11) is 0. The van der Waals surface area contributed by atoms with Crippen molar-refractivity contribution in [2.24, 2.45) is 0 Å². The molecule has 0 unspecified atom stereocenters. The van der Waals surface area contributed by atoms with Crippen LogP contribution >= 0.6 is 15.9 Å². The predicted octanol–water partition coefficient (Wildman–Crippen LogP) is 4.64. The molecule has 0 saturated heterocycles. The van der Waals surface area contributed by atoms with Gasteiger partial charge < -0.3 is 5.73 Å². The van der Waals surface area contributed by atoms with E-state index in [0.29, 0.717) is 26.9 Å². The zero-order valence-corrected chi connectivity index (χ0v) is 14.4. The van der Waals surface area contributed by atoms with Crippen LogP contribution in [0.2, 0.25) is 0 Å². The fraction of sp³-hybridized carbons (Fsp3) is 0. The van der Waals surface area contributed by atoms with Crippen LogP contribution in [0.1, 0.15) is 11.1 Å². The minimum absolute atomic E-state index is 0.0970. The first-order valence-electron chi connectivity index (χ1n) is 7.20. The molecule has 0 saturated carbocycles. The van der Waals surface area contributed by atoms with Crippen LogP contribution in [-0.2, 0) is 0 Å². The quantitative estimate of drug-likeness (QED) is 0.687. The fourth-order valence-electron chi connectivity index (χ4n) is 2.44. The number of benzene rings is 2. The standard InChI is InChI=1S/C19H10BrFN4/c20-16-7-13(5-6-17(16)21)14-8-18(25-19(24)15(14)10-23)12-3-1-11(9-22)2-4-12/h1-8H,(H2,24,25). The molecule has 0 aliphatic carbocycles. The minimum atomic E-state index is -0.392. The zero-order valence-electron chi connectivity index (χ0n) is 12.8. The number of hydrogen-bond donors (Lipinski definition) is 1. The van der Waals surface area contributed by atoms with Gasteiger partial charge in [-0.25, -0.2) is 9.37 Å². The Balaban J connectivity index is 2.20. The molecule has 0 fully saturated rings. The van der Waals surface area contributed by atoms with E-state index in [-0.39, 0.29) is 11.4 Å². The Labute approximate surface area is 152 Å². The molecule has 1 heterocycles. The van der Waals surface area contributed by atoms with Crippen LogP contribution in [0.15, 0.2) is 53.0 Å². The highest BCUT2D eigenvalue weighted by Crippen LogP contribution is 2.33. The van der Waals surface area contributed by atoms with Crippen molar-refractivity contribution in [1.29, 1.82) is 10.5 Å². The molecule has 2 N–H and O–H groups in total. The minimum Gasteiger partial charge on any atom is -0.383 e. The van der Waals surface area contributed by atoms with Crippen molar-refractivity contribution in [3.63, 3.8) is 0 Å². The van der Waals surface area contributed by atoms with Crippen molar-refractivity contribution in [2.75, 3.05) is 5.73 Å². The number of nitrogen functional groups attached to an aromatic ring is 1. The van der Waals surface area contributed by atoms with Gasteiger partial charge in [0.1, 0.15) is 23.3 Å². The first kappa shape index (κ1) is 16.6. The van der Waals surface area contributed by atoms with E-state index in [9.17, 15) is 9.65 Å². The molecule has 0 spiro atoms. The highest BCUT2D eigenvalue weighted by molar-refractivity contribution is 9.10. The second-order valence-corrected chi connectivity index (χ2v) is 6.10. The van der Waals surface area contributed by atoms with Crippen LogP contribution in [0.3, 0.4) is 0 Å². The van der Waals surface area contributed by atoms with Gasteiger partial charge in [-0.1, -0.05) is 18.2 Å². The topological polar surface area (TPSA) is 86.5 Å². The van der Waals surface area contributed by atoms with E-state index in [1.807, 2.05) is 0 Å². The largest absolute Gasteiger partial charge is 0.383 e. The molecule has 6 heteroatoms. The predicted molar refractivity (Wildman–Crippen MR) is 96.6 cm³/mol. The van der Waals surface area contributed by atoms with E-state index in [1.54, 1.807) is 42.5 Å². The lowest BCUT2D eigenvalue weighted by Crippen LogP contribution is -2.00. The molecule has 3 aromatic rings. The Morgan fingerprint density at radius 2 is 1.64 bits per heavy atom. The van der Waals surface area contributed by atoms with Crippen molar-refractivity contribution in [2.45, 2.75) is 0 Å². The number of pyridine rings is 1. The van der Waals surface area contributed by atoms with E-state index in [2.05, 4.69) is 33.1 Å². The van der Waals surface area contributed by atoms with Gasteiger partial charge in [0.05, 0.1) is 21.8 Å². The summed E-state index contributed by atoms with van der Waals surface area (Å²) in [6.07, 6.45) is 0. The number of nitrogens with two attached hydrogens (primary N) is 1. The van der Waals surface area contributed by atoms with Crippen LogP contribution in [0.5, 0.6) is 0 Å². The van der Waals surface area contributed by atoms with Crippen molar-refractivity contribution in [3.8, 4) is 34.5 Å². The first-order chi connectivity index (χ1) is 12.0. The number of aromatic nitrogens is 1. The third kappa shape index (κ3) is 3.21. The molecule has 0 aliphatic heterocycles. The lowest BCUT2D eigenvalue weighted by Gasteiger charge is -2.11. The molecule has 0 bridgehead atoms. The summed E-state index contributed by atoms with van der Waals surface area (Å²) in [5.41, 5.74) is 9.27. The fourth-order valence-corrected chi connectivity index (χ4v) is 2.82. The van der Waals surface area contributed by atoms with Gasteiger partial charge in [0, 0.05) is 11.1 Å². The lowest BCUT2D eigenvalue weighted by molar-refractivity contribution is 0.621. The van der Waals surface area contributed by atoms with Crippen LogP contribution in [0.25, 0.3) is 22.4 Å². The molecule has 120 valence electrons. The maximum absolute atomic E-state index is 13.5. The molecule has 0 radical (unpaired) electrons. The van der Waals surface area contributed by atoms with Crippen LogP contribution in [0.4, 0.5) is 10.2 Å². The molecular formula is C19H10BrFN4. The third-order valence-electron chi connectivity index (χ3n) is 3.70. The summed E-state index contributed by atoms with van der Waals surface area (Å²) in [5.74, 6) is -0.295. The van der Waals surface area contributed by atoms with Crippen molar-refractivity contribution in [1.82, 2.24) is 4.98 Å². The highest BCUT2D eigenvalue weighted by atomic mass is 79.9. The van der Waals surface area contributed by atoms with Crippen molar-refractivity contribution >= 4 is 21.7 Å². The molecule has 3 rings (SSSR count). The molecule has 2 aromatic carbocycles. The Morgan fingerprint density at radius 3 is 2.24 bits per heavy atom. The molecule has 4 nitrogen and oxygen atoms in total. The molecule has 0 amide bonds. The molecule has 25 heavy (non-hydrogen) atoms. The normalized spacial score (nSPS) is 10.1. The summed E-state index contributed by atoms with van der Waals surface area (Å²) in [5, 5.41) is 18.3. The summed E-state index contributed by atoms with van der Waals surface area (Å²) in [6, 6.07) is 17.2.